The Kier molecular flexibility index (Phi) is 5.59. The predicted molar refractivity (Wildman–Crippen MR) is 76.6 cm³/mol. The topological polar surface area (TPSA) is 12.0 Å². The number of hydrogen-bond donors (Lipinski definition) is 1. The Morgan fingerprint density at radius 2 is 1.94 bits per heavy atom. The van der Waals surface area contributed by atoms with Gasteiger partial charge in [-0.2, -0.15) is 0 Å². The first-order chi connectivity index (χ1) is 8.31. The molecule has 1 N–H and O–H groups in total. The highest BCUT2D eigenvalue weighted by molar-refractivity contribution is 5.63. The normalized spacial score (nSPS) is 12.1. The molecule has 0 amide bonds. The molecule has 0 heterocycles. The van der Waals surface area contributed by atoms with Gasteiger partial charge in [-0.05, 0) is 17.6 Å². The summed E-state index contributed by atoms with van der Waals surface area (Å²) in [5.74, 6) is 0. The lowest BCUT2D eigenvalue weighted by atomic mass is 10.1. The molecule has 0 spiro atoms. The molecule has 1 aromatic carbocycles. The van der Waals surface area contributed by atoms with Gasteiger partial charge in [0.2, 0.25) is 0 Å². The third-order valence-corrected chi connectivity index (χ3v) is 2.49. The van der Waals surface area contributed by atoms with Gasteiger partial charge in [-0.3, -0.25) is 0 Å². The molecule has 0 bridgehead atoms. The fourth-order valence-corrected chi connectivity index (χ4v) is 1.57. The number of allylic oxidation sites excluding steroid dienone is 5. The molecule has 1 aromatic rings. The van der Waals surface area contributed by atoms with Crippen molar-refractivity contribution in [2.24, 2.45) is 0 Å². The van der Waals surface area contributed by atoms with Gasteiger partial charge in [0.25, 0.3) is 0 Å². The minimum atomic E-state index is 0.848. The molecule has 1 nitrogen and oxygen atoms in total. The van der Waals surface area contributed by atoms with Crippen LogP contribution in [-0.4, -0.2) is 7.05 Å². The second-order valence-corrected chi connectivity index (χ2v) is 3.62. The van der Waals surface area contributed by atoms with E-state index in [2.05, 4.69) is 36.7 Å². The maximum Gasteiger partial charge on any atom is 0.0374 e. The summed E-state index contributed by atoms with van der Waals surface area (Å²) in [6, 6.07) is 10.3. The largest absolute Gasteiger partial charge is 0.388 e. The zero-order chi connectivity index (χ0) is 12.5. The van der Waals surface area contributed by atoms with E-state index in [1.54, 1.807) is 6.08 Å². The van der Waals surface area contributed by atoms with Crippen LogP contribution in [0.3, 0.4) is 0 Å². The lowest BCUT2D eigenvalue weighted by Gasteiger charge is -2.07. The summed E-state index contributed by atoms with van der Waals surface area (Å²) in [6.45, 7) is 7.48. The molecule has 0 radical (unpaired) electrons. The molecule has 88 valence electrons. The van der Waals surface area contributed by atoms with E-state index < -0.39 is 0 Å². The lowest BCUT2D eigenvalue weighted by Crippen LogP contribution is -2.04. The van der Waals surface area contributed by atoms with Crippen LogP contribution in [0, 0.1) is 0 Å². The van der Waals surface area contributed by atoms with Crippen LogP contribution in [-0.2, 0) is 0 Å². The zero-order valence-corrected chi connectivity index (χ0v) is 10.3. The van der Waals surface area contributed by atoms with E-state index >= 15 is 0 Å². The maximum atomic E-state index is 3.79. The second kappa shape index (κ2) is 7.29. The van der Waals surface area contributed by atoms with Crippen LogP contribution in [0.25, 0.3) is 5.70 Å². The third kappa shape index (κ3) is 4.15. The van der Waals surface area contributed by atoms with Crippen LogP contribution >= 0.6 is 0 Å². The predicted octanol–water partition coefficient (Wildman–Crippen LogP) is 3.94. The van der Waals surface area contributed by atoms with Crippen LogP contribution in [0.15, 0.2) is 73.4 Å². The van der Waals surface area contributed by atoms with Crippen LogP contribution < -0.4 is 5.32 Å². The molecule has 0 aliphatic carbocycles. The van der Waals surface area contributed by atoms with E-state index in [-0.39, 0.29) is 0 Å². The Balaban J connectivity index is 2.85. The SMILES string of the molecule is C=C/C=C(\C=C)C/C=C(\NC)c1ccccc1. The summed E-state index contributed by atoms with van der Waals surface area (Å²) in [6.07, 6.45) is 8.62. The Morgan fingerprint density at radius 1 is 1.24 bits per heavy atom. The van der Waals surface area contributed by atoms with Crippen LogP contribution in [0.2, 0.25) is 0 Å². The molecule has 1 heteroatoms. The van der Waals surface area contributed by atoms with Gasteiger partial charge in [0.05, 0.1) is 0 Å². The molecule has 0 aliphatic rings. The summed E-state index contributed by atoms with van der Waals surface area (Å²) >= 11 is 0. The first-order valence-corrected chi connectivity index (χ1v) is 5.69. The standard InChI is InChI=1S/C16H19N/c1-4-9-14(5-2)12-13-16(17-3)15-10-7-6-8-11-15/h4-11,13,17H,1-2,12H2,3H3/b14-9+,16-13-. The van der Waals surface area contributed by atoms with Crippen molar-refractivity contribution in [3.63, 3.8) is 0 Å². The van der Waals surface area contributed by atoms with Gasteiger partial charge in [-0.15, -0.1) is 0 Å². The molecule has 0 fully saturated rings. The average molecular weight is 225 g/mol. The van der Waals surface area contributed by atoms with Crippen molar-refractivity contribution >= 4 is 5.70 Å². The third-order valence-electron chi connectivity index (χ3n) is 2.49. The quantitative estimate of drug-likeness (QED) is 0.723. The van der Waals surface area contributed by atoms with Crippen molar-refractivity contribution < 1.29 is 0 Å². The van der Waals surface area contributed by atoms with E-state index in [9.17, 15) is 0 Å². The number of benzene rings is 1. The first kappa shape index (κ1) is 13.0. The number of hydrogen-bond acceptors (Lipinski definition) is 1. The summed E-state index contributed by atoms with van der Waals surface area (Å²) in [7, 11) is 1.93. The lowest BCUT2D eigenvalue weighted by molar-refractivity contribution is 1.11. The van der Waals surface area contributed by atoms with E-state index in [0.29, 0.717) is 0 Å². The molecule has 0 saturated carbocycles. The Morgan fingerprint density at radius 3 is 2.47 bits per heavy atom. The highest BCUT2D eigenvalue weighted by Gasteiger charge is 1.97. The van der Waals surface area contributed by atoms with Gasteiger partial charge in [-0.25, -0.2) is 0 Å². The molecule has 0 atom stereocenters. The van der Waals surface area contributed by atoms with E-state index in [1.165, 1.54) is 5.56 Å². The van der Waals surface area contributed by atoms with Crippen molar-refractivity contribution in [2.75, 3.05) is 7.05 Å². The number of nitrogens with one attached hydrogen (secondary N) is 1. The van der Waals surface area contributed by atoms with Gasteiger partial charge in [0.15, 0.2) is 0 Å². The van der Waals surface area contributed by atoms with E-state index in [4.69, 9.17) is 0 Å². The Hall–Kier alpha value is -2.02. The summed E-state index contributed by atoms with van der Waals surface area (Å²) in [4.78, 5) is 0. The highest BCUT2D eigenvalue weighted by atomic mass is 14.8. The van der Waals surface area contributed by atoms with Crippen molar-refractivity contribution in [2.45, 2.75) is 6.42 Å². The van der Waals surface area contributed by atoms with E-state index in [0.717, 1.165) is 17.7 Å². The molecular weight excluding hydrogens is 206 g/mol. The fourth-order valence-electron chi connectivity index (χ4n) is 1.57. The Labute approximate surface area is 104 Å². The molecule has 1 rings (SSSR count). The van der Waals surface area contributed by atoms with Gasteiger partial charge in [0, 0.05) is 12.7 Å². The summed E-state index contributed by atoms with van der Waals surface area (Å²) < 4.78 is 0. The first-order valence-electron chi connectivity index (χ1n) is 5.69. The van der Waals surface area contributed by atoms with Crippen molar-refractivity contribution in [1.29, 1.82) is 0 Å². The minimum Gasteiger partial charge on any atom is -0.388 e. The van der Waals surface area contributed by atoms with Crippen molar-refractivity contribution in [3.05, 3.63) is 78.9 Å². The fraction of sp³-hybridized carbons (Fsp3) is 0.125. The monoisotopic (exact) mass is 225 g/mol. The average Bonchev–Trinajstić information content (AvgIpc) is 2.39. The van der Waals surface area contributed by atoms with Gasteiger partial charge >= 0.3 is 0 Å². The maximum absolute atomic E-state index is 3.79. The molecule has 0 aromatic heterocycles. The van der Waals surface area contributed by atoms with Crippen LogP contribution in [0.1, 0.15) is 12.0 Å². The summed E-state index contributed by atoms with van der Waals surface area (Å²) in [5.41, 5.74) is 3.48. The minimum absolute atomic E-state index is 0.848. The van der Waals surface area contributed by atoms with Gasteiger partial charge in [0.1, 0.15) is 0 Å². The molecule has 0 unspecified atom stereocenters. The van der Waals surface area contributed by atoms with Crippen LogP contribution in [0.5, 0.6) is 0 Å². The van der Waals surface area contributed by atoms with Gasteiger partial charge < -0.3 is 5.32 Å². The second-order valence-electron chi connectivity index (χ2n) is 3.62. The Bertz CT molecular complexity index is 424. The van der Waals surface area contributed by atoms with E-state index in [1.807, 2.05) is 37.4 Å². The van der Waals surface area contributed by atoms with Crippen LogP contribution in [0.4, 0.5) is 0 Å². The molecule has 0 saturated heterocycles. The molecular formula is C16H19N. The van der Waals surface area contributed by atoms with Gasteiger partial charge in [-0.1, -0.05) is 67.8 Å². The smallest absolute Gasteiger partial charge is 0.0374 e. The summed E-state index contributed by atoms with van der Waals surface area (Å²) in [5, 5.41) is 3.21. The number of rotatable bonds is 6. The van der Waals surface area contributed by atoms with Crippen molar-refractivity contribution in [3.8, 4) is 0 Å². The zero-order valence-electron chi connectivity index (χ0n) is 10.3. The molecule has 0 aliphatic heterocycles. The van der Waals surface area contributed by atoms with Crippen molar-refractivity contribution in [1.82, 2.24) is 5.32 Å². The molecule has 17 heavy (non-hydrogen) atoms. The highest BCUT2D eigenvalue weighted by Crippen LogP contribution is 2.14.